The fourth-order valence-electron chi connectivity index (χ4n) is 3.12. The molecule has 4 rings (SSSR count). The van der Waals surface area contributed by atoms with Gasteiger partial charge in [0.15, 0.2) is 0 Å². The maximum atomic E-state index is 12.8. The number of nitrogen functional groups attached to an aromatic ring is 1. The molecule has 0 aromatic heterocycles. The second kappa shape index (κ2) is 11.8. The molecule has 0 radical (unpaired) electrons. The number of hydrogen-bond donors (Lipinski definition) is 1. The summed E-state index contributed by atoms with van der Waals surface area (Å²) < 4.78 is 8.95. The van der Waals surface area contributed by atoms with Crippen LogP contribution in [0.3, 0.4) is 0 Å². The molecule has 8 nitrogen and oxygen atoms in total. The number of rotatable bonds is 9. The zero-order valence-electron chi connectivity index (χ0n) is 18.6. The Balaban J connectivity index is 1.39. The third-order valence-corrected chi connectivity index (χ3v) is 29.9. The van der Waals surface area contributed by atoms with E-state index < -0.39 is 21.3 Å². The lowest BCUT2D eigenvalue weighted by Crippen LogP contribution is -2.16. The van der Waals surface area contributed by atoms with E-state index in [4.69, 9.17) is 27.0 Å². The quantitative estimate of drug-likeness (QED) is 0.0870. The molecular formula is C23H20N2O6P2S3. The molecule has 0 atom stereocenters. The number of ether oxygens (including phenoxy) is 2. The average molecular weight is 579 g/mol. The van der Waals surface area contributed by atoms with Crippen LogP contribution >= 0.6 is 32.8 Å². The summed E-state index contributed by atoms with van der Waals surface area (Å²) in [7, 11) is 0. The Bertz CT molecular complexity index is 1330. The molecule has 2 N–H and O–H groups in total. The molecule has 3 aromatic rings. The van der Waals surface area contributed by atoms with Gasteiger partial charge in [-0.15, -0.1) is 0 Å². The van der Waals surface area contributed by atoms with Gasteiger partial charge in [0.2, 0.25) is 6.54 Å². The molecule has 13 heteroatoms. The monoisotopic (exact) mass is 578 g/mol. The van der Waals surface area contributed by atoms with Crippen LogP contribution in [0.15, 0.2) is 72.8 Å². The lowest BCUT2D eigenvalue weighted by atomic mass is 10.1. The van der Waals surface area contributed by atoms with Gasteiger partial charge >= 0.3 is 11.9 Å². The largest absolute Gasteiger partial charge is 0.426 e. The van der Waals surface area contributed by atoms with Gasteiger partial charge in [0.25, 0.3) is 0 Å². The molecule has 3 aromatic carbocycles. The second-order valence-corrected chi connectivity index (χ2v) is 24.2. The van der Waals surface area contributed by atoms with E-state index in [9.17, 15) is 19.7 Å². The highest BCUT2D eigenvalue weighted by Gasteiger charge is 2.40. The van der Waals surface area contributed by atoms with Crippen molar-refractivity contribution in [1.29, 1.82) is 0 Å². The van der Waals surface area contributed by atoms with E-state index >= 15 is 0 Å². The van der Waals surface area contributed by atoms with Gasteiger partial charge in [0.05, 0.1) is 17.2 Å². The number of esters is 2. The Morgan fingerprint density at radius 2 is 1.72 bits per heavy atom. The molecule has 1 aliphatic rings. The van der Waals surface area contributed by atoms with E-state index in [2.05, 4.69) is 12.1 Å². The summed E-state index contributed by atoms with van der Waals surface area (Å²) >= 11 is 9.67. The predicted octanol–water partition coefficient (Wildman–Crippen LogP) is 5.50. The van der Waals surface area contributed by atoms with Gasteiger partial charge in [-0.1, -0.05) is 64.1 Å². The van der Waals surface area contributed by atoms with Crippen LogP contribution in [0.25, 0.3) is 0 Å². The molecule has 1 aliphatic heterocycles. The SMILES string of the molecule is Nc1ccc(OC(=O)CCC[N+](=O)[O-])c(C(=O)Oc2ccc(P3(=S)SP(c4ccccc4)S3)cc2)c1. The zero-order chi connectivity index (χ0) is 25.7. The lowest BCUT2D eigenvalue weighted by Gasteiger charge is -2.37. The molecule has 0 spiro atoms. The molecule has 0 aliphatic carbocycles. The number of hydrogen-bond acceptors (Lipinski definition) is 10. The third kappa shape index (κ3) is 6.66. The van der Waals surface area contributed by atoms with Crippen molar-refractivity contribution >= 4 is 72.8 Å². The Kier molecular flexibility index (Phi) is 8.70. The zero-order valence-corrected chi connectivity index (χ0v) is 22.9. The van der Waals surface area contributed by atoms with Crippen molar-refractivity contribution in [2.75, 3.05) is 12.3 Å². The fraction of sp³-hybridized carbons (Fsp3) is 0.130. The van der Waals surface area contributed by atoms with Crippen molar-refractivity contribution in [1.82, 2.24) is 0 Å². The van der Waals surface area contributed by atoms with E-state index in [1.807, 2.05) is 52.3 Å². The minimum Gasteiger partial charge on any atom is -0.426 e. The summed E-state index contributed by atoms with van der Waals surface area (Å²) in [6.45, 7) is -0.347. The van der Waals surface area contributed by atoms with Crippen LogP contribution in [0.5, 0.6) is 11.5 Å². The summed E-state index contributed by atoms with van der Waals surface area (Å²) in [6.07, 6.45) is -0.497. The lowest BCUT2D eigenvalue weighted by molar-refractivity contribution is -0.480. The van der Waals surface area contributed by atoms with Gasteiger partial charge in [-0.05, 0) is 47.8 Å². The first kappa shape index (κ1) is 26.6. The van der Waals surface area contributed by atoms with Crippen LogP contribution in [-0.4, -0.2) is 23.4 Å². The van der Waals surface area contributed by atoms with Crippen LogP contribution in [0.4, 0.5) is 5.69 Å². The number of nitro groups is 1. The van der Waals surface area contributed by atoms with Crippen LogP contribution < -0.4 is 25.8 Å². The average Bonchev–Trinajstić information content (AvgIpc) is 2.84. The third-order valence-electron chi connectivity index (χ3n) is 4.86. The van der Waals surface area contributed by atoms with Gasteiger partial charge in [0.1, 0.15) is 17.1 Å². The minimum atomic E-state index is -1.79. The number of nitrogens with zero attached hydrogens (tertiary/aromatic N) is 1. The van der Waals surface area contributed by atoms with E-state index in [-0.39, 0.29) is 42.7 Å². The van der Waals surface area contributed by atoms with Gasteiger partial charge in [-0.2, -0.15) is 0 Å². The van der Waals surface area contributed by atoms with Crippen molar-refractivity contribution in [3.8, 4) is 11.5 Å². The molecule has 0 amide bonds. The maximum Gasteiger partial charge on any atom is 0.347 e. The van der Waals surface area contributed by atoms with Crippen LogP contribution in [0.1, 0.15) is 23.2 Å². The fourth-order valence-corrected chi connectivity index (χ4v) is 29.1. The number of carbonyl (C=O) groups excluding carboxylic acids is 2. The topological polar surface area (TPSA) is 122 Å². The highest BCUT2D eigenvalue weighted by Crippen LogP contribution is 2.99. The maximum absolute atomic E-state index is 12.8. The van der Waals surface area contributed by atoms with Crippen LogP contribution in [-0.2, 0) is 16.6 Å². The van der Waals surface area contributed by atoms with Crippen LogP contribution in [0, 0.1) is 10.1 Å². The number of benzene rings is 3. The van der Waals surface area contributed by atoms with Crippen molar-refractivity contribution in [2.45, 2.75) is 12.8 Å². The van der Waals surface area contributed by atoms with E-state index in [1.54, 1.807) is 12.1 Å². The molecule has 0 saturated carbocycles. The molecule has 186 valence electrons. The summed E-state index contributed by atoms with van der Waals surface area (Å²) in [5.74, 6) is -1.14. The molecule has 0 unspecified atom stereocenters. The van der Waals surface area contributed by atoms with E-state index in [0.717, 1.165) is 5.30 Å². The predicted molar refractivity (Wildman–Crippen MR) is 151 cm³/mol. The van der Waals surface area contributed by atoms with Gasteiger partial charge in [-0.25, -0.2) is 4.79 Å². The molecular weight excluding hydrogens is 558 g/mol. The van der Waals surface area contributed by atoms with Crippen molar-refractivity contribution < 1.29 is 24.0 Å². The van der Waals surface area contributed by atoms with Gasteiger partial charge in [-0.3, -0.25) is 14.9 Å². The summed E-state index contributed by atoms with van der Waals surface area (Å²) in [5, 5.41) is 12.8. The van der Waals surface area contributed by atoms with Crippen molar-refractivity contribution in [2.24, 2.45) is 0 Å². The molecule has 1 fully saturated rings. The normalized spacial score (nSPS) is 18.6. The molecule has 0 bridgehead atoms. The Morgan fingerprint density at radius 3 is 2.39 bits per heavy atom. The summed E-state index contributed by atoms with van der Waals surface area (Å²) in [4.78, 5) is 34.8. The first-order chi connectivity index (χ1) is 17.2. The number of anilines is 1. The summed E-state index contributed by atoms with van der Waals surface area (Å²) in [6, 6.07) is 21.7. The highest BCUT2D eigenvalue weighted by atomic mass is 33.7. The van der Waals surface area contributed by atoms with Crippen molar-refractivity contribution in [3.05, 3.63) is 88.5 Å². The van der Waals surface area contributed by atoms with Crippen LogP contribution in [0.2, 0.25) is 0 Å². The highest BCUT2D eigenvalue weighted by molar-refractivity contribution is 9.43. The minimum absolute atomic E-state index is 0.0208. The molecule has 1 saturated heterocycles. The first-order valence-corrected chi connectivity index (χ1v) is 18.8. The van der Waals surface area contributed by atoms with E-state index in [1.165, 1.54) is 23.5 Å². The molecule has 1 heterocycles. The number of carbonyl (C=O) groups is 2. The Hall–Kier alpha value is -2.42. The Morgan fingerprint density at radius 1 is 1.03 bits per heavy atom. The Labute approximate surface area is 221 Å². The second-order valence-electron chi connectivity index (χ2n) is 7.53. The first-order valence-electron chi connectivity index (χ1n) is 10.6. The van der Waals surface area contributed by atoms with Crippen molar-refractivity contribution in [3.63, 3.8) is 0 Å². The van der Waals surface area contributed by atoms with Gasteiger partial charge < -0.3 is 15.2 Å². The number of nitrogens with two attached hydrogens (primary N) is 1. The summed E-state index contributed by atoms with van der Waals surface area (Å²) in [5.41, 5.74) is 6.08. The standard InChI is InChI=1S/C23H20N2O6P2S3/c24-16-8-13-21(31-22(26)7-4-14-25(28)29)20(15-16)23(27)30-17-9-11-19(12-10-17)33(34)35-32(36-33)18-5-2-1-3-6-18/h1-3,5-6,8-13,15H,4,7,14,24H2. The van der Waals surface area contributed by atoms with Gasteiger partial charge in [0, 0.05) is 22.3 Å². The smallest absolute Gasteiger partial charge is 0.347 e. The van der Waals surface area contributed by atoms with E-state index in [0.29, 0.717) is 5.75 Å². The molecule has 36 heavy (non-hydrogen) atoms.